The maximum absolute atomic E-state index is 10.6. The number of allylic oxidation sites excluding steroid dienone is 4. The SMILES string of the molecule is C=C(O)/C(C=O)=C\C(=C/C)C(C)(C)C. The first-order valence-electron chi connectivity index (χ1n) is 4.54. The van der Waals surface area contributed by atoms with Crippen LogP contribution in [0.4, 0.5) is 0 Å². The Bertz CT molecular complexity index is 288. The highest BCUT2D eigenvalue weighted by molar-refractivity contribution is 5.79. The molecular weight excluding hydrogens is 176 g/mol. The Morgan fingerprint density at radius 1 is 1.36 bits per heavy atom. The molecule has 0 aliphatic carbocycles. The Labute approximate surface area is 85.6 Å². The topological polar surface area (TPSA) is 37.3 Å². The molecule has 0 heterocycles. The van der Waals surface area contributed by atoms with Gasteiger partial charge in [-0.1, -0.05) is 33.4 Å². The van der Waals surface area contributed by atoms with Crippen LogP contribution in [-0.2, 0) is 4.79 Å². The second kappa shape index (κ2) is 4.80. The summed E-state index contributed by atoms with van der Waals surface area (Å²) in [6, 6.07) is 0. The third-order valence-corrected chi connectivity index (χ3v) is 1.95. The summed E-state index contributed by atoms with van der Waals surface area (Å²) >= 11 is 0. The van der Waals surface area contributed by atoms with Gasteiger partial charge in [-0.2, -0.15) is 0 Å². The van der Waals surface area contributed by atoms with Crippen LogP contribution >= 0.6 is 0 Å². The minimum atomic E-state index is -0.191. The van der Waals surface area contributed by atoms with E-state index in [9.17, 15) is 4.79 Å². The van der Waals surface area contributed by atoms with E-state index in [4.69, 9.17) is 5.11 Å². The highest BCUT2D eigenvalue weighted by atomic mass is 16.3. The lowest BCUT2D eigenvalue weighted by Gasteiger charge is -2.20. The van der Waals surface area contributed by atoms with Crippen molar-refractivity contribution in [2.75, 3.05) is 0 Å². The van der Waals surface area contributed by atoms with Crippen molar-refractivity contribution < 1.29 is 9.90 Å². The van der Waals surface area contributed by atoms with Gasteiger partial charge in [0, 0.05) is 0 Å². The summed E-state index contributed by atoms with van der Waals surface area (Å²) in [5.41, 5.74) is 1.18. The van der Waals surface area contributed by atoms with Gasteiger partial charge in [-0.3, -0.25) is 4.79 Å². The summed E-state index contributed by atoms with van der Waals surface area (Å²) in [5.74, 6) is -0.191. The molecule has 2 heteroatoms. The van der Waals surface area contributed by atoms with E-state index in [2.05, 4.69) is 6.58 Å². The van der Waals surface area contributed by atoms with E-state index in [-0.39, 0.29) is 16.7 Å². The standard InChI is InChI=1S/C12H18O2/c1-6-11(12(3,4)5)7-10(8-13)9(2)14/h6-8,14H,2H2,1,3-5H3/b10-7-,11-6+. The molecule has 0 aromatic rings. The fraction of sp³-hybridized carbons (Fsp3) is 0.417. The Balaban J connectivity index is 5.12. The maximum atomic E-state index is 10.6. The van der Waals surface area contributed by atoms with Gasteiger partial charge in [0.2, 0.25) is 0 Å². The monoisotopic (exact) mass is 194 g/mol. The fourth-order valence-corrected chi connectivity index (χ4v) is 1.09. The zero-order chi connectivity index (χ0) is 11.4. The molecule has 1 N–H and O–H groups in total. The van der Waals surface area contributed by atoms with Crippen molar-refractivity contribution >= 4 is 6.29 Å². The minimum absolute atomic E-state index is 0.0432. The van der Waals surface area contributed by atoms with Gasteiger partial charge in [0.1, 0.15) is 5.76 Å². The van der Waals surface area contributed by atoms with Gasteiger partial charge in [0.15, 0.2) is 6.29 Å². The van der Waals surface area contributed by atoms with Crippen molar-refractivity contribution in [1.29, 1.82) is 0 Å². The number of carbonyl (C=O) groups is 1. The van der Waals surface area contributed by atoms with Crippen molar-refractivity contribution in [3.8, 4) is 0 Å². The predicted octanol–water partition coefficient (Wildman–Crippen LogP) is 3.18. The number of rotatable bonds is 3. The smallest absolute Gasteiger partial charge is 0.153 e. The second-order valence-electron chi connectivity index (χ2n) is 4.16. The van der Waals surface area contributed by atoms with Gasteiger partial charge in [-0.05, 0) is 24.0 Å². The predicted molar refractivity (Wildman–Crippen MR) is 59.1 cm³/mol. The molecule has 0 aliphatic rings. The molecule has 0 saturated carbocycles. The van der Waals surface area contributed by atoms with Crippen LogP contribution in [0.3, 0.4) is 0 Å². The average Bonchev–Trinajstić information content (AvgIpc) is 2.03. The van der Waals surface area contributed by atoms with Crippen LogP contribution in [-0.4, -0.2) is 11.4 Å². The molecule has 0 unspecified atom stereocenters. The van der Waals surface area contributed by atoms with Crippen molar-refractivity contribution in [1.82, 2.24) is 0 Å². The number of aliphatic hydroxyl groups excluding tert-OH is 1. The quantitative estimate of drug-likeness (QED) is 0.324. The molecule has 0 amide bonds. The molecule has 14 heavy (non-hydrogen) atoms. The normalized spacial score (nSPS) is 14.0. The van der Waals surface area contributed by atoms with Crippen molar-refractivity contribution in [2.45, 2.75) is 27.7 Å². The number of carbonyl (C=O) groups excluding carboxylic acids is 1. The summed E-state index contributed by atoms with van der Waals surface area (Å²) in [6.07, 6.45) is 4.19. The average molecular weight is 194 g/mol. The van der Waals surface area contributed by atoms with Crippen LogP contribution < -0.4 is 0 Å². The first kappa shape index (κ1) is 12.7. The molecule has 0 aromatic heterocycles. The van der Waals surface area contributed by atoms with Crippen LogP contribution in [0, 0.1) is 5.41 Å². The van der Waals surface area contributed by atoms with Crippen molar-refractivity contribution in [3.63, 3.8) is 0 Å². The van der Waals surface area contributed by atoms with Gasteiger partial charge >= 0.3 is 0 Å². The molecule has 0 radical (unpaired) electrons. The van der Waals surface area contributed by atoms with Crippen molar-refractivity contribution in [3.05, 3.63) is 35.6 Å². The van der Waals surface area contributed by atoms with E-state index < -0.39 is 0 Å². The summed E-state index contributed by atoms with van der Waals surface area (Å²) in [4.78, 5) is 10.6. The summed E-state index contributed by atoms with van der Waals surface area (Å²) in [6.45, 7) is 11.4. The molecule has 0 spiro atoms. The van der Waals surface area contributed by atoms with E-state index in [1.165, 1.54) is 0 Å². The van der Waals surface area contributed by atoms with E-state index in [0.717, 1.165) is 5.57 Å². The number of aldehydes is 1. The van der Waals surface area contributed by atoms with Gasteiger partial charge < -0.3 is 5.11 Å². The third-order valence-electron chi connectivity index (χ3n) is 1.95. The highest BCUT2D eigenvalue weighted by Gasteiger charge is 2.15. The van der Waals surface area contributed by atoms with Gasteiger partial charge in [-0.15, -0.1) is 0 Å². The molecule has 0 rings (SSSR count). The Morgan fingerprint density at radius 3 is 2.07 bits per heavy atom. The van der Waals surface area contributed by atoms with Crippen LogP contribution in [0.2, 0.25) is 0 Å². The largest absolute Gasteiger partial charge is 0.508 e. The lowest BCUT2D eigenvalue weighted by Crippen LogP contribution is -2.08. The zero-order valence-corrected chi connectivity index (χ0v) is 9.29. The second-order valence-corrected chi connectivity index (χ2v) is 4.16. The number of hydrogen-bond acceptors (Lipinski definition) is 2. The molecule has 0 aromatic carbocycles. The molecule has 0 fully saturated rings. The molecular formula is C12H18O2. The molecule has 0 aliphatic heterocycles. The van der Waals surface area contributed by atoms with Crippen LogP contribution in [0.5, 0.6) is 0 Å². The molecule has 0 saturated heterocycles. The Kier molecular flexibility index (Phi) is 4.35. The van der Waals surface area contributed by atoms with Gasteiger partial charge in [0.05, 0.1) is 5.57 Å². The van der Waals surface area contributed by atoms with Crippen LogP contribution in [0.15, 0.2) is 35.6 Å². The lowest BCUT2D eigenvalue weighted by atomic mass is 9.85. The Morgan fingerprint density at radius 2 is 1.86 bits per heavy atom. The van der Waals surface area contributed by atoms with Crippen LogP contribution in [0.25, 0.3) is 0 Å². The fourth-order valence-electron chi connectivity index (χ4n) is 1.09. The zero-order valence-electron chi connectivity index (χ0n) is 9.29. The highest BCUT2D eigenvalue weighted by Crippen LogP contribution is 2.27. The number of hydrogen-bond donors (Lipinski definition) is 1. The summed E-state index contributed by atoms with van der Waals surface area (Å²) in [5, 5.41) is 9.10. The molecule has 0 bridgehead atoms. The maximum Gasteiger partial charge on any atom is 0.153 e. The van der Waals surface area contributed by atoms with E-state index in [1.54, 1.807) is 6.08 Å². The first-order chi connectivity index (χ1) is 6.32. The van der Waals surface area contributed by atoms with E-state index in [1.807, 2.05) is 33.8 Å². The summed E-state index contributed by atoms with van der Waals surface area (Å²) in [7, 11) is 0. The van der Waals surface area contributed by atoms with Crippen LogP contribution in [0.1, 0.15) is 27.7 Å². The summed E-state index contributed by atoms with van der Waals surface area (Å²) < 4.78 is 0. The number of aliphatic hydroxyl groups is 1. The van der Waals surface area contributed by atoms with E-state index in [0.29, 0.717) is 6.29 Å². The van der Waals surface area contributed by atoms with E-state index >= 15 is 0 Å². The Hall–Kier alpha value is -1.31. The molecule has 0 atom stereocenters. The third kappa shape index (κ3) is 3.60. The van der Waals surface area contributed by atoms with Gasteiger partial charge in [0.25, 0.3) is 0 Å². The van der Waals surface area contributed by atoms with Crippen molar-refractivity contribution in [2.24, 2.45) is 5.41 Å². The minimum Gasteiger partial charge on any atom is -0.508 e. The van der Waals surface area contributed by atoms with Gasteiger partial charge in [-0.25, -0.2) is 0 Å². The first-order valence-corrected chi connectivity index (χ1v) is 4.54. The molecule has 2 nitrogen and oxygen atoms in total. The lowest BCUT2D eigenvalue weighted by molar-refractivity contribution is -0.104. The molecule has 78 valence electrons.